The summed E-state index contributed by atoms with van der Waals surface area (Å²) in [5.41, 5.74) is 0. The summed E-state index contributed by atoms with van der Waals surface area (Å²) in [6.45, 7) is 30.3. The molecule has 1 heterocycles. The first kappa shape index (κ1) is 41.8. The van der Waals surface area contributed by atoms with Crippen LogP contribution in [0.2, 0.25) is 54.4 Å². The molecule has 0 amide bonds. The Labute approximate surface area is 286 Å². The molecule has 2 rings (SSSR count). The maximum Gasteiger partial charge on any atom is 0.192 e. The zero-order valence-corrected chi connectivity index (χ0v) is 35.5. The van der Waals surface area contributed by atoms with E-state index in [1.165, 1.54) is 0 Å². The van der Waals surface area contributed by atoms with Gasteiger partial charge in [-0.15, -0.1) is 0 Å². The van der Waals surface area contributed by atoms with E-state index in [0.717, 1.165) is 18.1 Å². The van der Waals surface area contributed by atoms with Gasteiger partial charge in [0.2, 0.25) is 0 Å². The van der Waals surface area contributed by atoms with Crippen LogP contribution in [-0.4, -0.2) is 83.9 Å². The van der Waals surface area contributed by atoms with Gasteiger partial charge in [0.15, 0.2) is 34.8 Å². The van der Waals surface area contributed by atoms with Crippen LogP contribution in [-0.2, 0) is 32.6 Å². The van der Waals surface area contributed by atoms with Gasteiger partial charge in [0.25, 0.3) is 0 Å². The molecule has 1 saturated heterocycles. The summed E-state index contributed by atoms with van der Waals surface area (Å²) in [7, 11) is -7.89. The van der Waals surface area contributed by atoms with Crippen molar-refractivity contribution in [3.63, 3.8) is 0 Å². The SMILES string of the molecule is CC[Si](CC)(CC)OCCC1OC(C[C@@H](CO[Si](C)(C)C(C)(C)C)O[Si](C)(C)C(C)(C)C)[C@H](OC)C1CS(=O)(=O)c1ccccc1. The Morgan fingerprint density at radius 3 is 1.85 bits per heavy atom. The molecular weight excluding hydrogens is 649 g/mol. The molecule has 1 aromatic carbocycles. The lowest BCUT2D eigenvalue weighted by Crippen LogP contribution is -2.49. The van der Waals surface area contributed by atoms with Crippen LogP contribution in [0.25, 0.3) is 0 Å². The number of hydrogen-bond donors (Lipinski definition) is 0. The lowest BCUT2D eigenvalue weighted by atomic mass is 9.94. The zero-order chi connectivity index (χ0) is 35.2. The number of methoxy groups -OCH3 is 1. The van der Waals surface area contributed by atoms with Gasteiger partial charge in [0.1, 0.15) is 0 Å². The lowest BCUT2D eigenvalue weighted by Gasteiger charge is -2.42. The predicted molar refractivity (Wildman–Crippen MR) is 199 cm³/mol. The van der Waals surface area contributed by atoms with E-state index in [1.807, 2.05) is 6.07 Å². The van der Waals surface area contributed by atoms with E-state index in [2.05, 4.69) is 88.5 Å². The van der Waals surface area contributed by atoms with Crippen molar-refractivity contribution >= 4 is 34.8 Å². The number of rotatable bonds is 18. The van der Waals surface area contributed by atoms with Gasteiger partial charge in [-0.2, -0.15) is 0 Å². The first-order valence-electron chi connectivity index (χ1n) is 17.5. The van der Waals surface area contributed by atoms with Gasteiger partial charge >= 0.3 is 0 Å². The minimum atomic E-state index is -3.57. The molecule has 268 valence electrons. The van der Waals surface area contributed by atoms with Gasteiger partial charge in [-0.3, -0.25) is 0 Å². The number of ether oxygens (including phenoxy) is 2. The molecule has 1 aliphatic rings. The highest BCUT2D eigenvalue weighted by molar-refractivity contribution is 7.91. The van der Waals surface area contributed by atoms with Crippen LogP contribution in [0.15, 0.2) is 35.2 Å². The Morgan fingerprint density at radius 2 is 1.37 bits per heavy atom. The molecule has 0 saturated carbocycles. The Hall–Kier alpha value is -0.379. The van der Waals surface area contributed by atoms with Crippen molar-refractivity contribution in [3.05, 3.63) is 30.3 Å². The average Bonchev–Trinajstić information content (AvgIpc) is 3.28. The molecule has 11 heteroatoms. The summed E-state index contributed by atoms with van der Waals surface area (Å²) in [4.78, 5) is 0.333. The van der Waals surface area contributed by atoms with Crippen molar-refractivity contribution in [2.75, 3.05) is 26.1 Å². The number of benzene rings is 1. The van der Waals surface area contributed by atoms with Gasteiger partial charge < -0.3 is 22.8 Å². The third-order valence-electron chi connectivity index (χ3n) is 11.3. The van der Waals surface area contributed by atoms with Crippen molar-refractivity contribution < 1.29 is 31.2 Å². The maximum absolute atomic E-state index is 13.7. The van der Waals surface area contributed by atoms with E-state index >= 15 is 0 Å². The van der Waals surface area contributed by atoms with E-state index in [4.69, 9.17) is 22.8 Å². The molecule has 1 fully saturated rings. The van der Waals surface area contributed by atoms with Gasteiger partial charge in [-0.25, -0.2) is 8.42 Å². The zero-order valence-electron chi connectivity index (χ0n) is 31.7. The fourth-order valence-electron chi connectivity index (χ4n) is 5.84. The Morgan fingerprint density at radius 1 is 0.826 bits per heavy atom. The molecule has 3 unspecified atom stereocenters. The third kappa shape index (κ3) is 10.8. The molecule has 0 radical (unpaired) electrons. The minimum Gasteiger partial charge on any atom is -0.417 e. The smallest absolute Gasteiger partial charge is 0.192 e. The lowest BCUT2D eigenvalue weighted by molar-refractivity contribution is -0.0393. The molecule has 46 heavy (non-hydrogen) atoms. The second-order valence-corrected chi connectivity index (χ2v) is 32.7. The van der Waals surface area contributed by atoms with Gasteiger partial charge in [0, 0.05) is 26.1 Å². The fraction of sp³-hybridized carbons (Fsp3) is 0.829. The van der Waals surface area contributed by atoms with E-state index in [1.54, 1.807) is 31.4 Å². The van der Waals surface area contributed by atoms with Crippen molar-refractivity contribution in [1.29, 1.82) is 0 Å². The molecule has 5 atom stereocenters. The van der Waals surface area contributed by atoms with E-state index < -0.39 is 40.9 Å². The molecule has 1 aromatic rings. The van der Waals surface area contributed by atoms with Crippen molar-refractivity contribution in [3.8, 4) is 0 Å². The van der Waals surface area contributed by atoms with E-state index in [9.17, 15) is 8.42 Å². The fourth-order valence-corrected chi connectivity index (χ4v) is 12.6. The number of sulfone groups is 1. The molecule has 7 nitrogen and oxygen atoms in total. The monoisotopic (exact) mass is 716 g/mol. The number of hydrogen-bond acceptors (Lipinski definition) is 7. The third-order valence-corrected chi connectivity index (χ3v) is 26.9. The van der Waals surface area contributed by atoms with Crippen molar-refractivity contribution in [2.45, 2.75) is 159 Å². The minimum absolute atomic E-state index is 0.0276. The highest BCUT2D eigenvalue weighted by Crippen LogP contribution is 2.42. The van der Waals surface area contributed by atoms with Crippen molar-refractivity contribution in [2.24, 2.45) is 5.92 Å². The Balaban J connectivity index is 2.43. The highest BCUT2D eigenvalue weighted by Gasteiger charge is 2.49. The van der Waals surface area contributed by atoms with Crippen LogP contribution in [0.1, 0.15) is 75.2 Å². The van der Waals surface area contributed by atoms with Crippen LogP contribution in [0.3, 0.4) is 0 Å². The summed E-state index contributed by atoms with van der Waals surface area (Å²) in [6, 6.07) is 11.9. The standard InChI is InChI=1S/C35H68O7SSi3/c1-15-46(16-2,17-3)39-24-23-31-30(27-43(36,37)29-21-19-18-20-22-29)33(38-10)32(41-31)25-28(42-45(13,14)35(7,8)9)26-40-44(11,12)34(4,5)6/h18-22,28,30-33H,15-17,23-27H2,1-14H3/t28-,30?,31?,32?,33+/m0/s1. The van der Waals surface area contributed by atoms with Crippen LogP contribution in [0.4, 0.5) is 0 Å². The molecule has 0 aliphatic carbocycles. The Kier molecular flexibility index (Phi) is 15.0. The summed E-state index contributed by atoms with van der Waals surface area (Å²) < 4.78 is 60.9. The van der Waals surface area contributed by atoms with E-state index in [-0.39, 0.29) is 40.1 Å². The van der Waals surface area contributed by atoms with Gasteiger partial charge in [-0.1, -0.05) is 80.5 Å². The summed E-state index contributed by atoms with van der Waals surface area (Å²) >= 11 is 0. The summed E-state index contributed by atoms with van der Waals surface area (Å²) in [5.74, 6) is -0.373. The van der Waals surface area contributed by atoms with Crippen molar-refractivity contribution in [1.82, 2.24) is 0 Å². The molecule has 1 aliphatic heterocycles. The first-order valence-corrected chi connectivity index (χ1v) is 27.5. The maximum atomic E-state index is 13.7. The van der Waals surface area contributed by atoms with Crippen LogP contribution in [0, 0.1) is 5.92 Å². The highest BCUT2D eigenvalue weighted by atomic mass is 32.2. The van der Waals surface area contributed by atoms with Crippen LogP contribution < -0.4 is 0 Å². The largest absolute Gasteiger partial charge is 0.417 e. The summed E-state index contributed by atoms with van der Waals surface area (Å²) in [5, 5.41) is 0.100. The predicted octanol–water partition coefficient (Wildman–Crippen LogP) is 9.07. The molecular formula is C35H68O7SSi3. The normalized spacial score (nSPS) is 22.7. The molecule has 0 bridgehead atoms. The van der Waals surface area contributed by atoms with Crippen LogP contribution >= 0.6 is 0 Å². The Bertz CT molecular complexity index is 1150. The van der Waals surface area contributed by atoms with Gasteiger partial charge in [0.05, 0.1) is 41.7 Å². The average molecular weight is 717 g/mol. The summed E-state index contributed by atoms with van der Waals surface area (Å²) in [6.07, 6.45) is -0.00768. The molecule has 0 N–H and O–H groups in total. The second-order valence-electron chi connectivity index (χ2n) is 16.4. The van der Waals surface area contributed by atoms with Gasteiger partial charge in [-0.05, 0) is 73.0 Å². The van der Waals surface area contributed by atoms with Crippen LogP contribution in [0.5, 0.6) is 0 Å². The topological polar surface area (TPSA) is 80.3 Å². The molecule has 0 spiro atoms. The van der Waals surface area contributed by atoms with E-state index in [0.29, 0.717) is 31.0 Å². The quantitative estimate of drug-likeness (QED) is 0.140. The first-order chi connectivity index (χ1) is 21.1. The second kappa shape index (κ2) is 16.6. The molecule has 0 aromatic heterocycles.